The van der Waals surface area contributed by atoms with Crippen LogP contribution in [-0.4, -0.2) is 55.9 Å². The molecule has 1 aliphatic rings. The maximum atomic E-state index is 12.8. The summed E-state index contributed by atoms with van der Waals surface area (Å²) in [6.07, 6.45) is 4.28. The molecular weight excluding hydrogens is 334 g/mol. The van der Waals surface area contributed by atoms with E-state index in [0.717, 1.165) is 17.5 Å². The van der Waals surface area contributed by atoms with Gasteiger partial charge in [0, 0.05) is 32.1 Å². The molecule has 4 rings (SSSR count). The minimum absolute atomic E-state index is 0.0251. The first kappa shape index (κ1) is 16.6. The van der Waals surface area contributed by atoms with Crippen LogP contribution in [0.1, 0.15) is 6.42 Å². The van der Waals surface area contributed by atoms with Crippen LogP contribution in [0.15, 0.2) is 47.5 Å². The number of fused-ring (bicyclic) bond motifs is 1. The summed E-state index contributed by atoms with van der Waals surface area (Å²) in [5.41, 5.74) is 1.21. The number of H-pyrrole nitrogens is 1. The molecule has 1 N–H and O–H groups in total. The van der Waals surface area contributed by atoms with E-state index < -0.39 is 0 Å². The summed E-state index contributed by atoms with van der Waals surface area (Å²) in [6, 6.07) is 9.25. The molecule has 1 unspecified atom stereocenters. The van der Waals surface area contributed by atoms with Gasteiger partial charge in [-0.15, -0.1) is 0 Å². The number of rotatable bonds is 4. The van der Waals surface area contributed by atoms with Crippen LogP contribution in [0, 0.1) is 0 Å². The normalized spacial score (nSPS) is 18.2. The monoisotopic (exact) mass is 355 g/mol. The van der Waals surface area contributed by atoms with E-state index >= 15 is 0 Å². The zero-order valence-electron chi connectivity index (χ0n) is 14.4. The quantitative estimate of drug-likeness (QED) is 0.752. The zero-order chi connectivity index (χ0) is 17.9. The fourth-order valence-electron chi connectivity index (χ4n) is 3.35. The number of ether oxygens (including phenoxy) is 1. The van der Waals surface area contributed by atoms with E-state index in [0.29, 0.717) is 26.2 Å². The number of hydrogen-bond acceptors (Lipinski definition) is 4. The van der Waals surface area contributed by atoms with Gasteiger partial charge in [0.05, 0.1) is 23.7 Å². The van der Waals surface area contributed by atoms with Gasteiger partial charge >= 0.3 is 5.69 Å². The third-order valence-corrected chi connectivity index (χ3v) is 4.63. The van der Waals surface area contributed by atoms with E-state index in [2.05, 4.69) is 10.1 Å². The van der Waals surface area contributed by atoms with Gasteiger partial charge in [0.1, 0.15) is 6.54 Å². The van der Waals surface area contributed by atoms with Crippen molar-refractivity contribution >= 4 is 16.9 Å². The highest BCUT2D eigenvalue weighted by atomic mass is 16.5. The first-order valence-corrected chi connectivity index (χ1v) is 8.75. The van der Waals surface area contributed by atoms with Gasteiger partial charge in [-0.25, -0.2) is 4.79 Å². The Kier molecular flexibility index (Phi) is 4.57. The molecule has 3 aromatic rings. The lowest BCUT2D eigenvalue weighted by Gasteiger charge is -2.24. The first-order valence-electron chi connectivity index (χ1n) is 8.75. The van der Waals surface area contributed by atoms with E-state index in [4.69, 9.17) is 4.74 Å². The molecule has 136 valence electrons. The Labute approximate surface area is 150 Å². The number of benzene rings is 1. The van der Waals surface area contributed by atoms with E-state index in [1.807, 2.05) is 41.2 Å². The number of amides is 1. The van der Waals surface area contributed by atoms with Crippen LogP contribution in [0.2, 0.25) is 0 Å². The minimum atomic E-state index is -0.265. The summed E-state index contributed by atoms with van der Waals surface area (Å²) in [7, 11) is 0. The van der Waals surface area contributed by atoms with E-state index in [-0.39, 0.29) is 24.2 Å². The predicted octanol–water partition coefficient (Wildman–Crippen LogP) is 0.844. The van der Waals surface area contributed by atoms with Crippen LogP contribution >= 0.6 is 0 Å². The second-order valence-corrected chi connectivity index (χ2v) is 6.45. The van der Waals surface area contributed by atoms with Crippen molar-refractivity contribution in [1.82, 2.24) is 24.2 Å². The molecule has 1 aromatic carbocycles. The van der Waals surface area contributed by atoms with Crippen LogP contribution in [0.5, 0.6) is 0 Å². The summed E-state index contributed by atoms with van der Waals surface area (Å²) < 4.78 is 9.16. The highest BCUT2D eigenvalue weighted by molar-refractivity contribution is 5.80. The van der Waals surface area contributed by atoms with Gasteiger partial charge in [-0.3, -0.25) is 14.0 Å². The van der Waals surface area contributed by atoms with Gasteiger partial charge in [-0.2, -0.15) is 5.10 Å². The molecule has 1 fully saturated rings. The van der Waals surface area contributed by atoms with Crippen LogP contribution in [0.25, 0.3) is 11.0 Å². The molecule has 0 saturated carbocycles. The number of para-hydroxylation sites is 2. The number of imidazole rings is 1. The van der Waals surface area contributed by atoms with Crippen LogP contribution < -0.4 is 5.69 Å². The summed E-state index contributed by atoms with van der Waals surface area (Å²) in [4.78, 5) is 29.6. The smallest absolute Gasteiger partial charge is 0.326 e. The van der Waals surface area contributed by atoms with Gasteiger partial charge in [0.2, 0.25) is 5.91 Å². The number of aromatic amines is 1. The molecule has 1 saturated heterocycles. The molecule has 8 heteroatoms. The van der Waals surface area contributed by atoms with Crippen molar-refractivity contribution in [2.45, 2.75) is 25.6 Å². The number of carbonyl (C=O) groups excluding carboxylic acids is 1. The van der Waals surface area contributed by atoms with Gasteiger partial charge < -0.3 is 14.6 Å². The maximum absolute atomic E-state index is 12.8. The molecule has 0 aliphatic carbocycles. The Balaban J connectivity index is 1.49. The lowest BCUT2D eigenvalue weighted by atomic mass is 10.3. The number of nitrogens with one attached hydrogen (secondary N) is 1. The van der Waals surface area contributed by atoms with Crippen molar-refractivity contribution in [2.24, 2.45) is 0 Å². The van der Waals surface area contributed by atoms with Crippen molar-refractivity contribution in [3.8, 4) is 0 Å². The number of hydrogen-bond donors (Lipinski definition) is 1. The van der Waals surface area contributed by atoms with Crippen LogP contribution in [-0.2, 0) is 22.6 Å². The third kappa shape index (κ3) is 3.41. The van der Waals surface area contributed by atoms with E-state index in [9.17, 15) is 9.59 Å². The molecule has 8 nitrogen and oxygen atoms in total. The Morgan fingerprint density at radius 3 is 3.04 bits per heavy atom. The molecule has 2 aromatic heterocycles. The molecule has 0 radical (unpaired) electrons. The zero-order valence-corrected chi connectivity index (χ0v) is 14.4. The standard InChI is InChI=1S/C18H21N5O3/c24-17(13-23-16-6-2-1-5-15(16)20-18(23)25)21-8-4-10-26-14(11-21)12-22-9-3-7-19-22/h1-3,5-7,9,14H,4,8,10-13H2,(H,20,25). The van der Waals surface area contributed by atoms with Crippen LogP contribution in [0.4, 0.5) is 0 Å². The Morgan fingerprint density at radius 2 is 2.19 bits per heavy atom. The fraction of sp³-hybridized carbons (Fsp3) is 0.389. The van der Waals surface area contributed by atoms with Gasteiger partial charge in [-0.1, -0.05) is 12.1 Å². The molecule has 0 spiro atoms. The topological polar surface area (TPSA) is 85.1 Å². The van der Waals surface area contributed by atoms with Crippen molar-refractivity contribution < 1.29 is 9.53 Å². The molecule has 1 aliphatic heterocycles. The summed E-state index contributed by atoms with van der Waals surface area (Å²) in [6.45, 7) is 2.37. The van der Waals surface area contributed by atoms with Crippen molar-refractivity contribution in [3.05, 3.63) is 53.2 Å². The Hall–Kier alpha value is -2.87. The second-order valence-electron chi connectivity index (χ2n) is 6.45. The minimum Gasteiger partial charge on any atom is -0.374 e. The van der Waals surface area contributed by atoms with E-state index in [1.54, 1.807) is 11.1 Å². The predicted molar refractivity (Wildman–Crippen MR) is 95.7 cm³/mol. The fourth-order valence-corrected chi connectivity index (χ4v) is 3.35. The lowest BCUT2D eigenvalue weighted by Crippen LogP contribution is -2.41. The summed E-state index contributed by atoms with van der Waals surface area (Å²) in [5, 5.41) is 4.20. The SMILES string of the molecule is O=C(Cn1c(=O)[nH]c2ccccc21)N1CCCOC(Cn2cccn2)C1. The average molecular weight is 355 g/mol. The van der Waals surface area contributed by atoms with Crippen LogP contribution in [0.3, 0.4) is 0 Å². The molecule has 1 amide bonds. The third-order valence-electron chi connectivity index (χ3n) is 4.63. The highest BCUT2D eigenvalue weighted by Gasteiger charge is 2.24. The molecule has 26 heavy (non-hydrogen) atoms. The highest BCUT2D eigenvalue weighted by Crippen LogP contribution is 2.12. The molecule has 1 atom stereocenters. The number of nitrogens with zero attached hydrogens (tertiary/aromatic N) is 4. The largest absolute Gasteiger partial charge is 0.374 e. The Morgan fingerprint density at radius 1 is 1.31 bits per heavy atom. The molecule has 0 bridgehead atoms. The molecular formula is C18H21N5O3. The first-order chi connectivity index (χ1) is 12.7. The van der Waals surface area contributed by atoms with E-state index in [1.165, 1.54) is 4.57 Å². The lowest BCUT2D eigenvalue weighted by molar-refractivity contribution is -0.132. The van der Waals surface area contributed by atoms with Gasteiger partial charge in [-0.05, 0) is 24.6 Å². The number of aromatic nitrogens is 4. The van der Waals surface area contributed by atoms with Gasteiger partial charge in [0.25, 0.3) is 0 Å². The van der Waals surface area contributed by atoms with Gasteiger partial charge in [0.15, 0.2) is 0 Å². The summed E-state index contributed by atoms with van der Waals surface area (Å²) >= 11 is 0. The Bertz CT molecular complexity index is 943. The number of carbonyl (C=O) groups is 1. The molecule has 3 heterocycles. The average Bonchev–Trinajstić information content (AvgIpc) is 3.17. The van der Waals surface area contributed by atoms with Crippen molar-refractivity contribution in [3.63, 3.8) is 0 Å². The second kappa shape index (κ2) is 7.17. The van der Waals surface area contributed by atoms with Crippen molar-refractivity contribution in [1.29, 1.82) is 0 Å². The summed E-state index contributed by atoms with van der Waals surface area (Å²) in [5.74, 6) is -0.0761. The van der Waals surface area contributed by atoms with Crippen molar-refractivity contribution in [2.75, 3.05) is 19.7 Å². The maximum Gasteiger partial charge on any atom is 0.326 e.